The van der Waals surface area contributed by atoms with E-state index < -0.39 is 0 Å². The lowest BCUT2D eigenvalue weighted by Crippen LogP contribution is -1.99. The molecular weight excluding hydrogens is 452 g/mol. The van der Waals surface area contributed by atoms with Gasteiger partial charge in [0, 0.05) is 63.0 Å². The SMILES string of the molecule is c1ccc(-n2c3ccccc3c3c4c5cnccc5n5ccnc5c4c4c(c32)-c2ccccc2C4)cc1. The number of aromatic nitrogens is 4. The lowest BCUT2D eigenvalue weighted by Gasteiger charge is -2.16. The Kier molecular flexibility index (Phi) is 3.55. The highest BCUT2D eigenvalue weighted by Crippen LogP contribution is 2.51. The summed E-state index contributed by atoms with van der Waals surface area (Å²) in [6.45, 7) is 0. The molecule has 1 aliphatic rings. The molecule has 172 valence electrons. The second kappa shape index (κ2) is 6.83. The van der Waals surface area contributed by atoms with Crippen molar-refractivity contribution in [2.45, 2.75) is 6.42 Å². The number of pyridine rings is 2. The summed E-state index contributed by atoms with van der Waals surface area (Å²) in [4.78, 5) is 9.52. The van der Waals surface area contributed by atoms with Gasteiger partial charge in [-0.2, -0.15) is 0 Å². The molecule has 0 N–H and O–H groups in total. The molecule has 4 aromatic heterocycles. The van der Waals surface area contributed by atoms with Crippen LogP contribution in [0.25, 0.3) is 65.9 Å². The van der Waals surface area contributed by atoms with Gasteiger partial charge in [-0.3, -0.25) is 9.38 Å². The van der Waals surface area contributed by atoms with E-state index in [9.17, 15) is 0 Å². The first-order chi connectivity index (χ1) is 18.4. The molecule has 0 unspecified atom stereocenters. The van der Waals surface area contributed by atoms with E-state index in [1.54, 1.807) is 0 Å². The molecule has 0 amide bonds. The quantitative estimate of drug-likeness (QED) is 0.229. The minimum atomic E-state index is 0.891. The van der Waals surface area contributed by atoms with Crippen LogP contribution in [0.15, 0.2) is 110 Å². The van der Waals surface area contributed by atoms with Gasteiger partial charge < -0.3 is 4.57 Å². The van der Waals surface area contributed by atoms with Crippen LogP contribution < -0.4 is 0 Å². The van der Waals surface area contributed by atoms with Crippen LogP contribution in [0, 0.1) is 0 Å². The maximum absolute atomic E-state index is 4.92. The fraction of sp³-hybridized carbons (Fsp3) is 0.0303. The Hall–Kier alpha value is -4.96. The molecule has 1 aliphatic carbocycles. The molecule has 4 nitrogen and oxygen atoms in total. The van der Waals surface area contributed by atoms with Crippen molar-refractivity contribution in [1.82, 2.24) is 18.9 Å². The zero-order valence-corrected chi connectivity index (χ0v) is 19.9. The van der Waals surface area contributed by atoms with Crippen LogP contribution in [0.1, 0.15) is 11.1 Å². The minimum Gasteiger partial charge on any atom is -0.309 e. The summed E-state index contributed by atoms with van der Waals surface area (Å²) in [5, 5.41) is 6.16. The number of rotatable bonds is 1. The largest absolute Gasteiger partial charge is 0.309 e. The van der Waals surface area contributed by atoms with Gasteiger partial charge in [0.1, 0.15) is 5.65 Å². The first kappa shape index (κ1) is 19.3. The Bertz CT molecular complexity index is 2220. The van der Waals surface area contributed by atoms with Crippen LogP contribution >= 0.6 is 0 Å². The Labute approximate surface area is 212 Å². The lowest BCUT2D eigenvalue weighted by atomic mass is 9.93. The van der Waals surface area contributed by atoms with Gasteiger partial charge >= 0.3 is 0 Å². The van der Waals surface area contributed by atoms with E-state index in [0.29, 0.717) is 0 Å². The van der Waals surface area contributed by atoms with Gasteiger partial charge in [0.25, 0.3) is 0 Å². The molecule has 37 heavy (non-hydrogen) atoms. The molecular formula is C33H20N4. The predicted octanol–water partition coefficient (Wildman–Crippen LogP) is 7.70. The monoisotopic (exact) mass is 472 g/mol. The number of hydrogen-bond acceptors (Lipinski definition) is 2. The average Bonchev–Trinajstić information content (AvgIpc) is 3.67. The van der Waals surface area contributed by atoms with E-state index in [0.717, 1.165) is 23.0 Å². The van der Waals surface area contributed by atoms with Gasteiger partial charge in [0.2, 0.25) is 0 Å². The minimum absolute atomic E-state index is 0.891. The lowest BCUT2D eigenvalue weighted by molar-refractivity contribution is 1.18. The summed E-state index contributed by atoms with van der Waals surface area (Å²) in [6.07, 6.45) is 8.78. The molecule has 9 rings (SSSR count). The summed E-state index contributed by atoms with van der Waals surface area (Å²) < 4.78 is 4.69. The van der Waals surface area contributed by atoms with Crippen molar-refractivity contribution < 1.29 is 0 Å². The van der Waals surface area contributed by atoms with Crippen LogP contribution in [0.2, 0.25) is 0 Å². The second-order valence-electron chi connectivity index (χ2n) is 9.86. The highest BCUT2D eigenvalue weighted by Gasteiger charge is 2.30. The number of hydrogen-bond donors (Lipinski definition) is 0. The summed E-state index contributed by atoms with van der Waals surface area (Å²) >= 11 is 0. The fourth-order valence-corrected chi connectivity index (χ4v) is 6.68. The predicted molar refractivity (Wildman–Crippen MR) is 151 cm³/mol. The highest BCUT2D eigenvalue weighted by atomic mass is 15.0. The Morgan fingerprint density at radius 1 is 0.676 bits per heavy atom. The molecule has 0 aliphatic heterocycles. The van der Waals surface area contributed by atoms with Crippen molar-refractivity contribution in [2.75, 3.05) is 0 Å². The van der Waals surface area contributed by atoms with Crippen LogP contribution in [-0.2, 0) is 6.42 Å². The van der Waals surface area contributed by atoms with Gasteiger partial charge in [-0.15, -0.1) is 0 Å². The normalized spacial score (nSPS) is 12.8. The van der Waals surface area contributed by atoms with E-state index in [-0.39, 0.29) is 0 Å². The third-order valence-electron chi connectivity index (χ3n) is 8.07. The van der Waals surface area contributed by atoms with E-state index >= 15 is 0 Å². The zero-order chi connectivity index (χ0) is 24.1. The molecule has 8 aromatic rings. The molecule has 0 spiro atoms. The van der Waals surface area contributed by atoms with Crippen molar-refractivity contribution in [3.63, 3.8) is 0 Å². The van der Waals surface area contributed by atoms with Crippen molar-refractivity contribution >= 4 is 49.1 Å². The number of fused-ring (bicyclic) bond motifs is 15. The number of imidazole rings is 1. The smallest absolute Gasteiger partial charge is 0.145 e. The van der Waals surface area contributed by atoms with Gasteiger partial charge in [-0.25, -0.2) is 4.98 Å². The average molecular weight is 473 g/mol. The molecule has 0 saturated heterocycles. The molecule has 0 saturated carbocycles. The fourth-order valence-electron chi connectivity index (χ4n) is 6.68. The Morgan fingerprint density at radius 3 is 2.46 bits per heavy atom. The third-order valence-corrected chi connectivity index (χ3v) is 8.07. The van der Waals surface area contributed by atoms with Crippen molar-refractivity contribution in [2.24, 2.45) is 0 Å². The molecule has 4 heteroatoms. The molecule has 0 atom stereocenters. The van der Waals surface area contributed by atoms with E-state index in [2.05, 4.69) is 105 Å². The van der Waals surface area contributed by atoms with Gasteiger partial charge in [-0.05, 0) is 47.4 Å². The van der Waals surface area contributed by atoms with Gasteiger partial charge in [-0.1, -0.05) is 60.7 Å². The van der Waals surface area contributed by atoms with E-state index in [1.807, 2.05) is 18.6 Å². The summed E-state index contributed by atoms with van der Waals surface area (Å²) in [5.74, 6) is 0. The molecule has 0 bridgehead atoms. The maximum Gasteiger partial charge on any atom is 0.145 e. The van der Waals surface area contributed by atoms with Crippen molar-refractivity contribution in [3.8, 4) is 16.8 Å². The number of para-hydroxylation sites is 2. The first-order valence-corrected chi connectivity index (χ1v) is 12.6. The molecule has 4 heterocycles. The van der Waals surface area contributed by atoms with Crippen LogP contribution in [0.5, 0.6) is 0 Å². The highest BCUT2D eigenvalue weighted by molar-refractivity contribution is 6.34. The number of nitrogens with zero attached hydrogens (tertiary/aromatic N) is 4. The van der Waals surface area contributed by atoms with Crippen LogP contribution in [0.4, 0.5) is 0 Å². The van der Waals surface area contributed by atoms with Crippen LogP contribution in [-0.4, -0.2) is 18.9 Å². The second-order valence-corrected chi connectivity index (χ2v) is 9.86. The summed E-state index contributed by atoms with van der Waals surface area (Å²) in [7, 11) is 0. The topological polar surface area (TPSA) is 35.1 Å². The molecule has 0 fully saturated rings. The van der Waals surface area contributed by atoms with E-state index in [4.69, 9.17) is 4.98 Å². The Balaban J connectivity index is 1.69. The number of benzene rings is 4. The van der Waals surface area contributed by atoms with Crippen molar-refractivity contribution in [3.05, 3.63) is 121 Å². The summed E-state index contributed by atoms with van der Waals surface area (Å²) in [6, 6.07) is 30.5. The maximum atomic E-state index is 4.92. The van der Waals surface area contributed by atoms with Crippen molar-refractivity contribution in [1.29, 1.82) is 0 Å². The molecule has 0 radical (unpaired) electrons. The third kappa shape index (κ3) is 2.33. The summed E-state index contributed by atoms with van der Waals surface area (Å²) in [5.41, 5.74) is 11.1. The van der Waals surface area contributed by atoms with Crippen LogP contribution in [0.3, 0.4) is 0 Å². The zero-order valence-electron chi connectivity index (χ0n) is 19.9. The van der Waals surface area contributed by atoms with E-state index in [1.165, 1.54) is 60.5 Å². The molecule has 4 aromatic carbocycles. The first-order valence-electron chi connectivity index (χ1n) is 12.6. The Morgan fingerprint density at radius 2 is 1.51 bits per heavy atom. The van der Waals surface area contributed by atoms with Gasteiger partial charge in [0.05, 0.1) is 16.6 Å². The standard InChI is InChI=1S/C33H20N4/c1-2-9-21(10-3-1)37-27-13-7-6-12-23(27)30-29-25-19-34-15-14-26(25)36-17-16-35-33(36)31(29)24-18-20-8-4-5-11-22(20)28(24)32(30)37/h1-17,19H,18H2. The van der Waals surface area contributed by atoms with Gasteiger partial charge in [0.15, 0.2) is 0 Å².